The Hall–Kier alpha value is -2.89. The molecule has 2 aromatic carbocycles. The molecule has 1 N–H and O–H groups in total. The van der Waals surface area contributed by atoms with Gasteiger partial charge in [0.25, 0.3) is 5.91 Å². The van der Waals surface area contributed by atoms with Gasteiger partial charge in [-0.2, -0.15) is 0 Å². The van der Waals surface area contributed by atoms with Gasteiger partial charge >= 0.3 is 0 Å². The normalized spacial score (nSPS) is 13.5. The van der Waals surface area contributed by atoms with E-state index in [0.29, 0.717) is 5.39 Å². The van der Waals surface area contributed by atoms with Crippen LogP contribution in [0.4, 0.5) is 13.2 Å². The number of benzene rings is 2. The van der Waals surface area contributed by atoms with E-state index in [1.807, 2.05) is 30.3 Å². The molecule has 1 amide bonds. The molecule has 0 unspecified atom stereocenters. The second kappa shape index (κ2) is 7.78. The van der Waals surface area contributed by atoms with Crippen LogP contribution < -0.4 is 5.32 Å². The highest BCUT2D eigenvalue weighted by Gasteiger charge is 2.31. The monoisotopic (exact) mass is 372 g/mol. The number of amides is 1. The summed E-state index contributed by atoms with van der Waals surface area (Å²) in [5.74, 6) is -1.00. The number of para-hydroxylation sites is 1. The smallest absolute Gasteiger partial charge is 0.253 e. The van der Waals surface area contributed by atoms with E-state index in [9.17, 15) is 18.0 Å². The summed E-state index contributed by atoms with van der Waals surface area (Å²) < 4.78 is 40.0. The first-order valence-electron chi connectivity index (χ1n) is 8.55. The standard InChI is InChI=1S/C21H19F3N2O/c1-21(12-18(23)24,11-14-6-3-2-4-7-14)26-20(27)16-10-15-8-5-9-17(22)19(15)25-13-16/h2-10,13,18H,11-12H2,1H3,(H,26,27)/t21-/m1/s1. The van der Waals surface area contributed by atoms with Crippen LogP contribution in [0.5, 0.6) is 0 Å². The van der Waals surface area contributed by atoms with Crippen LogP contribution in [0.3, 0.4) is 0 Å². The molecule has 3 nitrogen and oxygen atoms in total. The lowest BCUT2D eigenvalue weighted by atomic mass is 9.89. The number of hydrogen-bond acceptors (Lipinski definition) is 2. The van der Waals surface area contributed by atoms with Gasteiger partial charge < -0.3 is 5.32 Å². The highest BCUT2D eigenvalue weighted by atomic mass is 19.3. The van der Waals surface area contributed by atoms with Gasteiger partial charge in [-0.25, -0.2) is 13.2 Å². The summed E-state index contributed by atoms with van der Waals surface area (Å²) in [6, 6.07) is 15.1. The minimum atomic E-state index is -2.57. The minimum absolute atomic E-state index is 0.161. The average molecular weight is 372 g/mol. The number of pyridine rings is 1. The van der Waals surface area contributed by atoms with Gasteiger partial charge in [0, 0.05) is 23.5 Å². The van der Waals surface area contributed by atoms with Crippen molar-refractivity contribution in [2.24, 2.45) is 0 Å². The van der Waals surface area contributed by atoms with Crippen molar-refractivity contribution >= 4 is 16.8 Å². The third kappa shape index (κ3) is 4.64. The number of carbonyl (C=O) groups excluding carboxylic acids is 1. The lowest BCUT2D eigenvalue weighted by Gasteiger charge is -2.31. The number of carbonyl (C=O) groups is 1. The maximum atomic E-state index is 13.7. The zero-order valence-electron chi connectivity index (χ0n) is 14.8. The van der Waals surface area contributed by atoms with E-state index in [1.54, 1.807) is 13.0 Å². The number of rotatable bonds is 6. The van der Waals surface area contributed by atoms with E-state index < -0.39 is 30.1 Å². The summed E-state index contributed by atoms with van der Waals surface area (Å²) in [6.07, 6.45) is -1.53. The highest BCUT2D eigenvalue weighted by Crippen LogP contribution is 2.23. The van der Waals surface area contributed by atoms with Crippen molar-refractivity contribution in [3.63, 3.8) is 0 Å². The molecule has 1 atom stereocenters. The van der Waals surface area contributed by atoms with Crippen molar-refractivity contribution in [1.29, 1.82) is 0 Å². The highest BCUT2D eigenvalue weighted by molar-refractivity contribution is 5.97. The number of nitrogens with zero attached hydrogens (tertiary/aromatic N) is 1. The van der Waals surface area contributed by atoms with Crippen LogP contribution in [0.1, 0.15) is 29.3 Å². The van der Waals surface area contributed by atoms with E-state index in [-0.39, 0.29) is 17.5 Å². The van der Waals surface area contributed by atoms with Crippen LogP contribution in [0.2, 0.25) is 0 Å². The van der Waals surface area contributed by atoms with Gasteiger partial charge in [-0.3, -0.25) is 9.78 Å². The summed E-state index contributed by atoms with van der Waals surface area (Å²) in [5.41, 5.74) is 0.0683. The zero-order chi connectivity index (χ0) is 19.4. The molecule has 0 saturated heterocycles. The molecule has 0 fully saturated rings. The Labute approximate surface area is 155 Å². The number of halogens is 3. The fourth-order valence-corrected chi connectivity index (χ4v) is 3.15. The molecule has 27 heavy (non-hydrogen) atoms. The second-order valence-corrected chi connectivity index (χ2v) is 6.81. The molecule has 0 aliphatic carbocycles. The van der Waals surface area contributed by atoms with E-state index in [4.69, 9.17) is 0 Å². The topological polar surface area (TPSA) is 42.0 Å². The molecule has 0 spiro atoms. The fourth-order valence-electron chi connectivity index (χ4n) is 3.15. The Balaban J connectivity index is 1.85. The summed E-state index contributed by atoms with van der Waals surface area (Å²) in [6.45, 7) is 1.60. The molecule has 0 saturated carbocycles. The minimum Gasteiger partial charge on any atom is -0.346 e. The van der Waals surface area contributed by atoms with Crippen LogP contribution in [0.15, 0.2) is 60.8 Å². The third-order valence-corrected chi connectivity index (χ3v) is 4.38. The van der Waals surface area contributed by atoms with E-state index in [2.05, 4.69) is 10.3 Å². The van der Waals surface area contributed by atoms with Crippen LogP contribution in [0.25, 0.3) is 10.9 Å². The second-order valence-electron chi connectivity index (χ2n) is 6.81. The number of hydrogen-bond donors (Lipinski definition) is 1. The largest absolute Gasteiger partial charge is 0.346 e. The van der Waals surface area contributed by atoms with Gasteiger partial charge in [-0.1, -0.05) is 42.5 Å². The molecule has 3 rings (SSSR count). The Morgan fingerprint density at radius 2 is 1.89 bits per heavy atom. The molecule has 0 radical (unpaired) electrons. The van der Waals surface area contributed by atoms with Crippen molar-refractivity contribution < 1.29 is 18.0 Å². The summed E-state index contributed by atoms with van der Waals surface area (Å²) in [7, 11) is 0. The number of nitrogens with one attached hydrogen (secondary N) is 1. The first-order valence-corrected chi connectivity index (χ1v) is 8.55. The van der Waals surface area contributed by atoms with Crippen molar-refractivity contribution in [1.82, 2.24) is 10.3 Å². The molecule has 0 aliphatic heterocycles. The van der Waals surface area contributed by atoms with Gasteiger partial charge in [-0.15, -0.1) is 0 Å². The van der Waals surface area contributed by atoms with Crippen molar-refractivity contribution in [3.8, 4) is 0 Å². The van der Waals surface area contributed by atoms with Gasteiger partial charge in [0.05, 0.1) is 5.56 Å². The lowest BCUT2D eigenvalue weighted by molar-refractivity contribution is 0.0768. The van der Waals surface area contributed by atoms with Crippen molar-refractivity contribution in [3.05, 3.63) is 77.7 Å². The van der Waals surface area contributed by atoms with Crippen LogP contribution in [-0.2, 0) is 6.42 Å². The molecule has 1 aromatic heterocycles. The average Bonchev–Trinajstić information content (AvgIpc) is 2.61. The predicted octanol–water partition coefficient (Wildman–Crippen LogP) is 4.76. The first-order chi connectivity index (χ1) is 12.9. The molecular weight excluding hydrogens is 353 g/mol. The van der Waals surface area contributed by atoms with E-state index in [0.717, 1.165) is 5.56 Å². The number of fused-ring (bicyclic) bond motifs is 1. The first kappa shape index (κ1) is 18.9. The summed E-state index contributed by atoms with van der Waals surface area (Å²) in [4.78, 5) is 16.7. The molecule has 3 aromatic rings. The molecule has 1 heterocycles. The summed E-state index contributed by atoms with van der Waals surface area (Å²) >= 11 is 0. The molecule has 0 bridgehead atoms. The molecule has 140 valence electrons. The Morgan fingerprint density at radius 3 is 2.59 bits per heavy atom. The quantitative estimate of drug-likeness (QED) is 0.678. The van der Waals surface area contributed by atoms with Crippen LogP contribution >= 0.6 is 0 Å². The SMILES string of the molecule is C[C@@](Cc1ccccc1)(CC(F)F)NC(=O)c1cnc2c(F)cccc2c1. The fraction of sp³-hybridized carbons (Fsp3) is 0.238. The molecule has 0 aliphatic rings. The lowest BCUT2D eigenvalue weighted by Crippen LogP contribution is -2.49. The number of alkyl halides is 2. The van der Waals surface area contributed by atoms with Gasteiger partial charge in [-0.05, 0) is 31.0 Å². The Bertz CT molecular complexity index is 947. The molecule has 6 heteroatoms. The Morgan fingerprint density at radius 1 is 1.15 bits per heavy atom. The van der Waals surface area contributed by atoms with Crippen molar-refractivity contribution in [2.45, 2.75) is 31.7 Å². The van der Waals surface area contributed by atoms with E-state index in [1.165, 1.54) is 24.4 Å². The Kier molecular flexibility index (Phi) is 5.44. The van der Waals surface area contributed by atoms with Crippen LogP contribution in [-0.4, -0.2) is 22.9 Å². The van der Waals surface area contributed by atoms with Gasteiger partial charge in [0.2, 0.25) is 6.43 Å². The van der Waals surface area contributed by atoms with E-state index >= 15 is 0 Å². The predicted molar refractivity (Wildman–Crippen MR) is 98.3 cm³/mol. The van der Waals surface area contributed by atoms with Gasteiger partial charge in [0.15, 0.2) is 0 Å². The van der Waals surface area contributed by atoms with Crippen LogP contribution in [0, 0.1) is 5.82 Å². The maximum Gasteiger partial charge on any atom is 0.253 e. The summed E-state index contributed by atoms with van der Waals surface area (Å²) in [5, 5.41) is 3.19. The number of aromatic nitrogens is 1. The maximum absolute atomic E-state index is 13.7. The third-order valence-electron chi connectivity index (χ3n) is 4.38. The zero-order valence-corrected chi connectivity index (χ0v) is 14.8. The van der Waals surface area contributed by atoms with Gasteiger partial charge in [0.1, 0.15) is 11.3 Å². The molecular formula is C21H19F3N2O. The van der Waals surface area contributed by atoms with Crippen molar-refractivity contribution in [2.75, 3.05) is 0 Å².